The fourth-order valence-corrected chi connectivity index (χ4v) is 8.62. The highest BCUT2D eigenvalue weighted by atomic mass is 16.7. The van der Waals surface area contributed by atoms with Crippen molar-refractivity contribution >= 4 is 5.91 Å². The lowest BCUT2D eigenvalue weighted by Gasteiger charge is -2.40. The number of hydrogen-bond acceptors (Lipinski definition) is 8. The Balaban J connectivity index is 2.01. The lowest BCUT2D eigenvalue weighted by atomic mass is 9.99. The molecule has 0 spiro atoms. The third-order valence-corrected chi connectivity index (χ3v) is 12.9. The Morgan fingerprint density at radius 1 is 0.538 bits per heavy atom. The number of hydrogen-bond donors (Lipinski definition) is 6. The van der Waals surface area contributed by atoms with Gasteiger partial charge < -0.3 is 40.3 Å². The fourth-order valence-electron chi connectivity index (χ4n) is 8.62. The number of amides is 1. The Kier molecular flexibility index (Phi) is 43.2. The van der Waals surface area contributed by atoms with Crippen LogP contribution < -0.4 is 5.32 Å². The zero-order chi connectivity index (χ0) is 47.3. The predicted molar refractivity (Wildman–Crippen MR) is 272 cm³/mol. The average molecular weight is 918 g/mol. The van der Waals surface area contributed by atoms with Crippen LogP contribution in [0.4, 0.5) is 0 Å². The van der Waals surface area contributed by atoms with Gasteiger partial charge in [-0.3, -0.25) is 4.79 Å². The van der Waals surface area contributed by atoms with Crippen LogP contribution in [0.1, 0.15) is 245 Å². The molecule has 65 heavy (non-hydrogen) atoms. The number of allylic oxidation sites excluding steroid dienone is 8. The molecule has 0 saturated carbocycles. The molecule has 9 heteroatoms. The molecule has 1 rings (SSSR count). The minimum atomic E-state index is -1.55. The topological polar surface area (TPSA) is 149 Å². The molecule has 1 saturated heterocycles. The molecule has 0 aromatic carbocycles. The third-order valence-electron chi connectivity index (χ3n) is 12.9. The first-order valence-electron chi connectivity index (χ1n) is 27.3. The Hall–Kier alpha value is -1.85. The number of carbonyl (C=O) groups excluding carboxylic acids is 1. The van der Waals surface area contributed by atoms with Crippen LogP contribution in [0.25, 0.3) is 0 Å². The van der Waals surface area contributed by atoms with Gasteiger partial charge in [-0.25, -0.2) is 0 Å². The Morgan fingerprint density at radius 2 is 0.954 bits per heavy atom. The van der Waals surface area contributed by atoms with Gasteiger partial charge in [-0.05, 0) is 51.4 Å². The van der Waals surface area contributed by atoms with Crippen molar-refractivity contribution in [2.75, 3.05) is 13.2 Å². The summed E-state index contributed by atoms with van der Waals surface area (Å²) >= 11 is 0. The largest absolute Gasteiger partial charge is 0.394 e. The first-order chi connectivity index (χ1) is 31.8. The molecular weight excluding hydrogens is 815 g/mol. The van der Waals surface area contributed by atoms with Gasteiger partial charge in [-0.1, -0.05) is 236 Å². The van der Waals surface area contributed by atoms with E-state index >= 15 is 0 Å². The standard InChI is InChI=1S/C56H103NO8/c1-3-5-7-9-11-12-13-14-15-16-17-18-19-20-21-22-23-24-25-26-27-28-29-30-31-32-33-34-35-36-37-38-40-42-44-46-52(60)57-49(50(59)45-43-41-39-10-8-6-4-2)48-64-56-55(63)54(62)53(61)51(47-58)65-56/h5,7,11-12,14-15,17-18,49-51,53-56,58-59,61-63H,3-4,6,8-10,13,16,19-48H2,1-2H3,(H,57,60)/b7-5-,12-11-,15-14-,18-17-. The molecule has 9 nitrogen and oxygen atoms in total. The number of rotatable bonds is 46. The lowest BCUT2D eigenvalue weighted by Crippen LogP contribution is -2.60. The van der Waals surface area contributed by atoms with Crippen LogP contribution in [0, 0.1) is 0 Å². The summed E-state index contributed by atoms with van der Waals surface area (Å²) in [5, 5.41) is 54.2. The van der Waals surface area contributed by atoms with Crippen LogP contribution in [0.2, 0.25) is 0 Å². The van der Waals surface area contributed by atoms with Crippen LogP contribution in [-0.4, -0.2) is 87.5 Å². The molecule has 1 amide bonds. The quantitative estimate of drug-likeness (QED) is 0.0261. The summed E-state index contributed by atoms with van der Waals surface area (Å²) in [6.07, 6.45) is 53.3. The molecule has 0 aromatic heterocycles. The molecule has 0 aliphatic carbocycles. The van der Waals surface area contributed by atoms with Crippen molar-refractivity contribution in [2.24, 2.45) is 0 Å². The average Bonchev–Trinajstić information content (AvgIpc) is 3.31. The Morgan fingerprint density at radius 3 is 1.42 bits per heavy atom. The zero-order valence-electron chi connectivity index (χ0n) is 42.0. The van der Waals surface area contributed by atoms with Crippen molar-refractivity contribution in [2.45, 2.75) is 288 Å². The molecule has 1 fully saturated rings. The van der Waals surface area contributed by atoms with Gasteiger partial charge in [0.1, 0.15) is 24.4 Å². The number of ether oxygens (including phenoxy) is 2. The second-order valence-corrected chi connectivity index (χ2v) is 19.0. The van der Waals surface area contributed by atoms with Gasteiger partial charge in [0.2, 0.25) is 5.91 Å². The first-order valence-corrected chi connectivity index (χ1v) is 27.3. The van der Waals surface area contributed by atoms with E-state index in [9.17, 15) is 30.3 Å². The number of aliphatic hydroxyl groups is 5. The molecular formula is C56H103NO8. The van der Waals surface area contributed by atoms with E-state index in [2.05, 4.69) is 67.8 Å². The Labute approximate surface area is 399 Å². The van der Waals surface area contributed by atoms with Crippen molar-refractivity contribution in [1.29, 1.82) is 0 Å². The molecule has 0 aromatic rings. The van der Waals surface area contributed by atoms with Crippen molar-refractivity contribution in [3.63, 3.8) is 0 Å². The number of carbonyl (C=O) groups is 1. The maximum Gasteiger partial charge on any atom is 0.220 e. The number of nitrogens with one attached hydrogen (secondary N) is 1. The molecule has 380 valence electrons. The van der Waals surface area contributed by atoms with Crippen molar-refractivity contribution < 1.29 is 39.8 Å². The van der Waals surface area contributed by atoms with E-state index < -0.39 is 49.5 Å². The molecule has 7 atom stereocenters. The van der Waals surface area contributed by atoms with E-state index in [1.54, 1.807) is 0 Å². The van der Waals surface area contributed by atoms with Crippen molar-refractivity contribution in [3.05, 3.63) is 48.6 Å². The molecule has 1 aliphatic rings. The van der Waals surface area contributed by atoms with Crippen LogP contribution in [0.15, 0.2) is 48.6 Å². The van der Waals surface area contributed by atoms with E-state index in [1.807, 2.05) is 0 Å². The van der Waals surface area contributed by atoms with Crippen molar-refractivity contribution in [1.82, 2.24) is 5.32 Å². The van der Waals surface area contributed by atoms with Gasteiger partial charge in [-0.15, -0.1) is 0 Å². The maximum absolute atomic E-state index is 13.0. The van der Waals surface area contributed by atoms with E-state index in [-0.39, 0.29) is 12.5 Å². The zero-order valence-corrected chi connectivity index (χ0v) is 42.0. The summed E-state index contributed by atoms with van der Waals surface area (Å²) in [6, 6.07) is -0.714. The van der Waals surface area contributed by atoms with Gasteiger partial charge in [0.15, 0.2) is 6.29 Å². The molecule has 1 aliphatic heterocycles. The smallest absolute Gasteiger partial charge is 0.220 e. The first kappa shape index (κ1) is 61.2. The second kappa shape index (κ2) is 45.9. The monoisotopic (exact) mass is 918 g/mol. The van der Waals surface area contributed by atoms with Crippen LogP contribution in [0.3, 0.4) is 0 Å². The van der Waals surface area contributed by atoms with Gasteiger partial charge in [0, 0.05) is 6.42 Å². The van der Waals surface area contributed by atoms with Crippen LogP contribution in [0.5, 0.6) is 0 Å². The van der Waals surface area contributed by atoms with E-state index in [4.69, 9.17) is 9.47 Å². The Bertz CT molecular complexity index is 1160. The number of aliphatic hydroxyl groups excluding tert-OH is 5. The molecule has 0 bridgehead atoms. The second-order valence-electron chi connectivity index (χ2n) is 19.0. The summed E-state index contributed by atoms with van der Waals surface area (Å²) in [5.41, 5.74) is 0. The SMILES string of the molecule is CC/C=C\C/C=C\C/C=C\C/C=C\CCCCCCCCCCCCCCCCCCCCCCCCC(=O)NC(COC1OC(CO)C(O)C(O)C1O)C(O)CCCCCCCCC. The van der Waals surface area contributed by atoms with E-state index in [0.29, 0.717) is 12.8 Å². The molecule has 1 heterocycles. The summed E-state index contributed by atoms with van der Waals surface area (Å²) in [5.74, 6) is -0.146. The number of unbranched alkanes of at least 4 members (excludes halogenated alkanes) is 28. The van der Waals surface area contributed by atoms with Gasteiger partial charge >= 0.3 is 0 Å². The molecule has 6 N–H and O–H groups in total. The highest BCUT2D eigenvalue weighted by Gasteiger charge is 2.44. The summed E-state index contributed by atoms with van der Waals surface area (Å²) in [6.45, 7) is 3.68. The summed E-state index contributed by atoms with van der Waals surface area (Å²) in [7, 11) is 0. The van der Waals surface area contributed by atoms with Crippen LogP contribution >= 0.6 is 0 Å². The minimum absolute atomic E-state index is 0.137. The third kappa shape index (κ3) is 35.9. The van der Waals surface area contributed by atoms with E-state index in [1.165, 1.54) is 154 Å². The summed E-state index contributed by atoms with van der Waals surface area (Å²) < 4.78 is 11.2. The molecule has 0 radical (unpaired) electrons. The molecule has 7 unspecified atom stereocenters. The lowest BCUT2D eigenvalue weighted by molar-refractivity contribution is -0.302. The van der Waals surface area contributed by atoms with Crippen molar-refractivity contribution in [3.8, 4) is 0 Å². The predicted octanol–water partition coefficient (Wildman–Crippen LogP) is 13.0. The summed E-state index contributed by atoms with van der Waals surface area (Å²) in [4.78, 5) is 13.0. The highest BCUT2D eigenvalue weighted by molar-refractivity contribution is 5.76. The maximum atomic E-state index is 13.0. The highest BCUT2D eigenvalue weighted by Crippen LogP contribution is 2.23. The minimum Gasteiger partial charge on any atom is -0.394 e. The van der Waals surface area contributed by atoms with Gasteiger partial charge in [-0.2, -0.15) is 0 Å². The van der Waals surface area contributed by atoms with Gasteiger partial charge in [0.05, 0.1) is 25.4 Å². The normalized spacial score (nSPS) is 20.3. The van der Waals surface area contributed by atoms with E-state index in [0.717, 1.165) is 64.2 Å². The van der Waals surface area contributed by atoms with Crippen LogP contribution in [-0.2, 0) is 14.3 Å². The van der Waals surface area contributed by atoms with Gasteiger partial charge in [0.25, 0.3) is 0 Å². The fraction of sp³-hybridized carbons (Fsp3) is 0.839.